The van der Waals surface area contributed by atoms with Crippen molar-refractivity contribution in [2.24, 2.45) is 0 Å². The van der Waals surface area contributed by atoms with Crippen LogP contribution in [-0.4, -0.2) is 50.9 Å². The molecule has 2 amide bonds. The summed E-state index contributed by atoms with van der Waals surface area (Å²) in [6.07, 6.45) is 5.70. The number of nitrogens with one attached hydrogen (secondary N) is 1. The van der Waals surface area contributed by atoms with Crippen LogP contribution < -0.4 is 10.2 Å². The highest BCUT2D eigenvalue weighted by Crippen LogP contribution is 2.42. The van der Waals surface area contributed by atoms with Gasteiger partial charge in [-0.2, -0.15) is 0 Å². The number of nitrogens with zero attached hydrogens (tertiary/aromatic N) is 5. The number of fused-ring (bicyclic) bond motifs is 2. The smallest absolute Gasteiger partial charge is 0.312 e. The second kappa shape index (κ2) is 11.2. The summed E-state index contributed by atoms with van der Waals surface area (Å²) >= 11 is 6.12. The molecule has 2 aromatic carbocycles. The van der Waals surface area contributed by atoms with E-state index in [1.165, 1.54) is 12.8 Å². The summed E-state index contributed by atoms with van der Waals surface area (Å²) in [5, 5.41) is 12.5. The summed E-state index contributed by atoms with van der Waals surface area (Å²) in [6.45, 7) is 8.13. The molecule has 5 rings (SSSR count). The van der Waals surface area contributed by atoms with Gasteiger partial charge in [0.1, 0.15) is 11.6 Å². The maximum atomic E-state index is 13.3. The van der Waals surface area contributed by atoms with Crippen molar-refractivity contribution < 1.29 is 4.79 Å². The molecule has 196 valence electrons. The zero-order valence-corrected chi connectivity index (χ0v) is 22.7. The van der Waals surface area contributed by atoms with E-state index in [4.69, 9.17) is 11.6 Å². The minimum Gasteiger partial charge on any atom is -0.312 e. The Morgan fingerprint density at radius 1 is 1.05 bits per heavy atom. The lowest BCUT2D eigenvalue weighted by molar-refractivity contribution is 0.104. The minimum atomic E-state index is -0.139. The number of para-hydroxylation sites is 1. The fourth-order valence-electron chi connectivity index (χ4n) is 6.18. The molecule has 1 aromatic heterocycles. The highest BCUT2D eigenvalue weighted by Gasteiger charge is 2.42. The second-order valence-corrected chi connectivity index (χ2v) is 11.1. The number of piperidine rings is 1. The Hall–Kier alpha value is -2.90. The van der Waals surface area contributed by atoms with Crippen LogP contribution in [0.3, 0.4) is 0 Å². The Labute approximate surface area is 224 Å². The summed E-state index contributed by atoms with van der Waals surface area (Å²) in [7, 11) is 0. The van der Waals surface area contributed by atoms with E-state index >= 15 is 0 Å². The highest BCUT2D eigenvalue weighted by molar-refractivity contribution is 6.30. The maximum absolute atomic E-state index is 13.3. The van der Waals surface area contributed by atoms with Crippen molar-refractivity contribution in [2.75, 3.05) is 23.3 Å². The lowest BCUT2D eigenvalue weighted by Gasteiger charge is -2.40. The lowest BCUT2D eigenvalue weighted by atomic mass is 9.96. The molecule has 0 aliphatic carbocycles. The second-order valence-electron chi connectivity index (χ2n) is 10.7. The van der Waals surface area contributed by atoms with E-state index in [0.717, 1.165) is 43.1 Å². The summed E-state index contributed by atoms with van der Waals surface area (Å²) in [5.41, 5.74) is 1.59. The van der Waals surface area contributed by atoms with Crippen molar-refractivity contribution in [1.82, 2.24) is 19.7 Å². The van der Waals surface area contributed by atoms with E-state index in [2.05, 4.69) is 45.8 Å². The summed E-state index contributed by atoms with van der Waals surface area (Å²) in [4.78, 5) is 17.8. The molecule has 3 aromatic rings. The van der Waals surface area contributed by atoms with Crippen LogP contribution in [0.4, 0.5) is 16.2 Å². The predicted molar refractivity (Wildman–Crippen MR) is 150 cm³/mol. The van der Waals surface area contributed by atoms with Gasteiger partial charge >= 0.3 is 6.03 Å². The fraction of sp³-hybridized carbons (Fsp3) is 0.483. The lowest BCUT2D eigenvalue weighted by Crippen LogP contribution is -2.45. The Morgan fingerprint density at radius 2 is 1.78 bits per heavy atom. The van der Waals surface area contributed by atoms with Gasteiger partial charge in [0.15, 0.2) is 0 Å². The number of anilines is 2. The van der Waals surface area contributed by atoms with E-state index in [9.17, 15) is 4.79 Å². The van der Waals surface area contributed by atoms with Crippen LogP contribution in [0.2, 0.25) is 5.02 Å². The summed E-state index contributed by atoms with van der Waals surface area (Å²) < 4.78 is 2.41. The van der Waals surface area contributed by atoms with Gasteiger partial charge in [-0.3, -0.25) is 9.80 Å². The normalized spacial score (nSPS) is 21.4. The average Bonchev–Trinajstić information content (AvgIpc) is 3.37. The number of benzene rings is 2. The first-order valence-electron chi connectivity index (χ1n) is 13.5. The number of hydrogen-bond donors (Lipinski definition) is 1. The molecule has 2 aliphatic rings. The fourth-order valence-corrected chi connectivity index (χ4v) is 6.37. The van der Waals surface area contributed by atoms with Gasteiger partial charge in [0.05, 0.1) is 0 Å². The van der Waals surface area contributed by atoms with Gasteiger partial charge in [-0.25, -0.2) is 4.79 Å². The monoisotopic (exact) mass is 520 g/mol. The van der Waals surface area contributed by atoms with Crippen molar-refractivity contribution in [3.8, 4) is 0 Å². The number of aryl methyl sites for hydroxylation is 1. The molecule has 0 spiro atoms. The van der Waals surface area contributed by atoms with Gasteiger partial charge in [-0.05, 0) is 69.4 Å². The molecule has 3 heterocycles. The van der Waals surface area contributed by atoms with Crippen LogP contribution >= 0.6 is 11.6 Å². The standard InChI is InChI=1S/C29H37ClN6O/c1-20(2)28-33-32-21(3)36(28)27-18-25-13-14-26(19-27)34(25)15-8-16-35(24-11-5-4-6-12-24)29(37)31-23-10-7-9-22(30)17-23/h4-7,9-12,17,20,25-27H,8,13-16,18-19H2,1-3H3,(H,31,37)/t25-,26+,27?. The first kappa shape index (κ1) is 25.7. The van der Waals surface area contributed by atoms with Gasteiger partial charge in [0.2, 0.25) is 0 Å². The number of halogens is 1. The number of amides is 2. The van der Waals surface area contributed by atoms with Gasteiger partial charge in [0, 0.05) is 53.5 Å². The first-order chi connectivity index (χ1) is 17.9. The topological polar surface area (TPSA) is 66.3 Å². The van der Waals surface area contributed by atoms with Crippen LogP contribution in [0.15, 0.2) is 54.6 Å². The zero-order chi connectivity index (χ0) is 25.9. The quantitative estimate of drug-likeness (QED) is 0.360. The molecule has 1 N–H and O–H groups in total. The number of carbonyl (C=O) groups is 1. The number of hydrogen-bond acceptors (Lipinski definition) is 4. The highest BCUT2D eigenvalue weighted by atomic mass is 35.5. The van der Waals surface area contributed by atoms with E-state index in [1.807, 2.05) is 47.4 Å². The molecule has 3 atom stereocenters. The van der Waals surface area contributed by atoms with Crippen LogP contribution in [0.5, 0.6) is 0 Å². The van der Waals surface area contributed by atoms with Crippen molar-refractivity contribution in [2.45, 2.75) is 76.9 Å². The summed E-state index contributed by atoms with van der Waals surface area (Å²) in [6, 6.07) is 18.7. The van der Waals surface area contributed by atoms with Gasteiger partial charge in [-0.15, -0.1) is 10.2 Å². The molecule has 2 saturated heterocycles. The van der Waals surface area contributed by atoms with Gasteiger partial charge in [-0.1, -0.05) is 49.7 Å². The molecule has 7 nitrogen and oxygen atoms in total. The number of aromatic nitrogens is 3. The van der Waals surface area contributed by atoms with Crippen molar-refractivity contribution in [3.63, 3.8) is 0 Å². The molecular formula is C29H37ClN6O. The third-order valence-corrected chi connectivity index (χ3v) is 8.06. The Bertz CT molecular complexity index is 1200. The van der Waals surface area contributed by atoms with E-state index < -0.39 is 0 Å². The van der Waals surface area contributed by atoms with Crippen molar-refractivity contribution in [3.05, 3.63) is 71.3 Å². The van der Waals surface area contributed by atoms with Crippen LogP contribution in [0.25, 0.3) is 0 Å². The Morgan fingerprint density at radius 3 is 2.46 bits per heavy atom. The minimum absolute atomic E-state index is 0.139. The Balaban J connectivity index is 1.23. The van der Waals surface area contributed by atoms with E-state index in [0.29, 0.717) is 41.3 Å². The third kappa shape index (κ3) is 5.68. The molecule has 1 unspecified atom stereocenters. The van der Waals surface area contributed by atoms with Crippen LogP contribution in [0.1, 0.15) is 69.6 Å². The van der Waals surface area contributed by atoms with Crippen molar-refractivity contribution >= 4 is 29.0 Å². The molecular weight excluding hydrogens is 484 g/mol. The molecule has 0 saturated carbocycles. The molecule has 37 heavy (non-hydrogen) atoms. The number of carbonyl (C=O) groups excluding carboxylic acids is 1. The van der Waals surface area contributed by atoms with Crippen LogP contribution in [-0.2, 0) is 0 Å². The Kier molecular flexibility index (Phi) is 7.81. The number of rotatable bonds is 8. The van der Waals surface area contributed by atoms with E-state index in [1.54, 1.807) is 12.1 Å². The first-order valence-corrected chi connectivity index (χ1v) is 13.8. The maximum Gasteiger partial charge on any atom is 0.326 e. The number of urea groups is 1. The zero-order valence-electron chi connectivity index (χ0n) is 22.0. The third-order valence-electron chi connectivity index (χ3n) is 7.82. The molecule has 2 aliphatic heterocycles. The predicted octanol–water partition coefficient (Wildman–Crippen LogP) is 6.66. The SMILES string of the molecule is Cc1nnc(C(C)C)n1C1C[C@H]2CC[C@@H](C1)N2CCCN(C(=O)Nc1cccc(Cl)c1)c1ccccc1. The average molecular weight is 521 g/mol. The largest absolute Gasteiger partial charge is 0.326 e. The molecule has 8 heteroatoms. The van der Waals surface area contributed by atoms with E-state index in [-0.39, 0.29) is 6.03 Å². The molecule has 2 fully saturated rings. The van der Waals surface area contributed by atoms with Gasteiger partial charge in [0.25, 0.3) is 0 Å². The van der Waals surface area contributed by atoms with Crippen molar-refractivity contribution in [1.29, 1.82) is 0 Å². The van der Waals surface area contributed by atoms with Gasteiger partial charge < -0.3 is 9.88 Å². The molecule has 0 radical (unpaired) electrons. The van der Waals surface area contributed by atoms with Crippen LogP contribution in [0, 0.1) is 6.92 Å². The summed E-state index contributed by atoms with van der Waals surface area (Å²) in [5.74, 6) is 2.52. The molecule has 2 bridgehead atoms.